The minimum atomic E-state index is -1.17. The summed E-state index contributed by atoms with van der Waals surface area (Å²) >= 11 is 5.94. The number of hydrogen-bond acceptors (Lipinski definition) is 3. The Morgan fingerprint density at radius 1 is 1.26 bits per heavy atom. The third-order valence-corrected chi connectivity index (χ3v) is 4.35. The van der Waals surface area contributed by atoms with Crippen LogP contribution in [0, 0.1) is 0 Å². The molecule has 7 heteroatoms. The average Bonchev–Trinajstić information content (AvgIpc) is 3.17. The molecule has 1 aliphatic carbocycles. The van der Waals surface area contributed by atoms with Gasteiger partial charge in [-0.15, -0.1) is 0 Å². The van der Waals surface area contributed by atoms with Gasteiger partial charge in [0, 0.05) is 11.2 Å². The van der Waals surface area contributed by atoms with Crippen LogP contribution >= 0.6 is 11.6 Å². The molecule has 2 aromatic rings. The number of aliphatic carboxylic acids is 1. The van der Waals surface area contributed by atoms with Gasteiger partial charge in [0.25, 0.3) is 5.91 Å². The molecule has 1 aromatic carbocycles. The van der Waals surface area contributed by atoms with E-state index in [-0.39, 0.29) is 5.69 Å². The van der Waals surface area contributed by atoms with E-state index in [4.69, 9.17) is 11.6 Å². The van der Waals surface area contributed by atoms with E-state index in [9.17, 15) is 14.7 Å². The van der Waals surface area contributed by atoms with Crippen molar-refractivity contribution in [2.24, 2.45) is 0 Å². The highest BCUT2D eigenvalue weighted by Gasteiger charge is 2.43. The van der Waals surface area contributed by atoms with Gasteiger partial charge in [0.1, 0.15) is 5.54 Å². The fourth-order valence-corrected chi connectivity index (χ4v) is 3.04. The van der Waals surface area contributed by atoms with E-state index in [2.05, 4.69) is 10.4 Å². The van der Waals surface area contributed by atoms with Crippen LogP contribution in [-0.2, 0) is 4.79 Å². The lowest BCUT2D eigenvalue weighted by molar-refractivity contribution is -0.144. The van der Waals surface area contributed by atoms with Crippen LogP contribution in [0.4, 0.5) is 0 Å². The molecule has 0 aliphatic heterocycles. The zero-order valence-corrected chi connectivity index (χ0v) is 13.1. The molecule has 1 aromatic heterocycles. The van der Waals surface area contributed by atoms with Crippen molar-refractivity contribution in [3.63, 3.8) is 0 Å². The molecule has 1 fully saturated rings. The summed E-state index contributed by atoms with van der Waals surface area (Å²) in [5, 5.41) is 16.8. The maximum absolute atomic E-state index is 12.3. The van der Waals surface area contributed by atoms with Gasteiger partial charge in [-0.1, -0.05) is 30.5 Å². The van der Waals surface area contributed by atoms with Crippen molar-refractivity contribution >= 4 is 23.5 Å². The molecule has 0 unspecified atom stereocenters. The van der Waals surface area contributed by atoms with E-state index < -0.39 is 17.4 Å². The molecule has 0 radical (unpaired) electrons. The number of halogens is 1. The Balaban J connectivity index is 1.80. The highest BCUT2D eigenvalue weighted by molar-refractivity contribution is 6.30. The summed E-state index contributed by atoms with van der Waals surface area (Å²) in [5.41, 5.74) is -0.264. The highest BCUT2D eigenvalue weighted by atomic mass is 35.5. The van der Waals surface area contributed by atoms with E-state index in [0.717, 1.165) is 18.5 Å². The first-order valence-electron chi connectivity index (χ1n) is 7.38. The fraction of sp³-hybridized carbons (Fsp3) is 0.312. The zero-order chi connectivity index (χ0) is 16.4. The molecule has 6 nitrogen and oxygen atoms in total. The number of hydrogen-bond donors (Lipinski definition) is 2. The molecule has 0 bridgehead atoms. The molecule has 1 aliphatic rings. The number of carboxylic acid groups (broad SMARTS) is 1. The second-order valence-corrected chi connectivity index (χ2v) is 6.11. The quantitative estimate of drug-likeness (QED) is 0.901. The molecule has 0 saturated heterocycles. The molecule has 1 saturated carbocycles. The van der Waals surface area contributed by atoms with Crippen molar-refractivity contribution in [3.05, 3.63) is 47.2 Å². The van der Waals surface area contributed by atoms with E-state index >= 15 is 0 Å². The van der Waals surface area contributed by atoms with Gasteiger partial charge in [-0.25, -0.2) is 9.48 Å². The summed E-state index contributed by atoms with van der Waals surface area (Å²) in [6.07, 6.45) is 4.13. The molecule has 120 valence electrons. The zero-order valence-electron chi connectivity index (χ0n) is 12.3. The topological polar surface area (TPSA) is 84.2 Å². The van der Waals surface area contributed by atoms with Crippen molar-refractivity contribution in [3.8, 4) is 5.69 Å². The van der Waals surface area contributed by atoms with Crippen LogP contribution in [-0.4, -0.2) is 32.3 Å². The van der Waals surface area contributed by atoms with Crippen LogP contribution in [0.2, 0.25) is 5.02 Å². The Labute approximate surface area is 138 Å². The molecule has 3 rings (SSSR count). The summed E-state index contributed by atoms with van der Waals surface area (Å²) in [4.78, 5) is 23.8. The molecule has 1 heterocycles. The first-order chi connectivity index (χ1) is 11.0. The monoisotopic (exact) mass is 333 g/mol. The minimum Gasteiger partial charge on any atom is -0.480 e. The lowest BCUT2D eigenvalue weighted by Crippen LogP contribution is -2.52. The molecule has 1 amide bonds. The number of aromatic nitrogens is 2. The Morgan fingerprint density at radius 3 is 2.65 bits per heavy atom. The van der Waals surface area contributed by atoms with Crippen LogP contribution in [0.15, 0.2) is 36.5 Å². The minimum absolute atomic E-state index is 0.178. The van der Waals surface area contributed by atoms with Gasteiger partial charge < -0.3 is 10.4 Å². The van der Waals surface area contributed by atoms with Crippen LogP contribution in [0.1, 0.15) is 36.2 Å². The standard InChI is InChI=1S/C16H16ClN3O3/c17-11-4-3-5-12(10-11)20-9-6-13(19-20)14(21)18-16(15(22)23)7-1-2-8-16/h3-6,9-10H,1-2,7-8H2,(H,18,21)(H,22,23). The highest BCUT2D eigenvalue weighted by Crippen LogP contribution is 2.30. The molecule has 0 spiro atoms. The van der Waals surface area contributed by atoms with Crippen LogP contribution in [0.25, 0.3) is 5.69 Å². The van der Waals surface area contributed by atoms with Gasteiger partial charge in [-0.05, 0) is 37.1 Å². The predicted molar refractivity (Wildman–Crippen MR) is 84.9 cm³/mol. The Hall–Kier alpha value is -2.34. The van der Waals surface area contributed by atoms with Crippen LogP contribution in [0.5, 0.6) is 0 Å². The van der Waals surface area contributed by atoms with Gasteiger partial charge in [0.2, 0.25) is 0 Å². The molecule has 0 atom stereocenters. The van der Waals surface area contributed by atoms with Crippen LogP contribution < -0.4 is 5.32 Å². The van der Waals surface area contributed by atoms with Gasteiger partial charge >= 0.3 is 5.97 Å². The van der Waals surface area contributed by atoms with Crippen molar-refractivity contribution in [1.29, 1.82) is 0 Å². The Morgan fingerprint density at radius 2 is 2.00 bits per heavy atom. The first-order valence-corrected chi connectivity index (χ1v) is 7.75. The lowest BCUT2D eigenvalue weighted by Gasteiger charge is -2.24. The summed E-state index contributed by atoms with van der Waals surface area (Å²) in [7, 11) is 0. The number of carbonyl (C=O) groups is 2. The number of rotatable bonds is 4. The Kier molecular flexibility index (Phi) is 4.09. The second-order valence-electron chi connectivity index (χ2n) is 5.67. The molecule has 23 heavy (non-hydrogen) atoms. The van der Waals surface area contributed by atoms with Gasteiger partial charge in [-0.2, -0.15) is 5.10 Å². The third kappa shape index (κ3) is 3.07. The number of nitrogens with one attached hydrogen (secondary N) is 1. The number of amides is 1. The largest absolute Gasteiger partial charge is 0.480 e. The van der Waals surface area contributed by atoms with Crippen molar-refractivity contribution in [2.45, 2.75) is 31.2 Å². The van der Waals surface area contributed by atoms with Crippen LogP contribution in [0.3, 0.4) is 0 Å². The first kappa shape index (κ1) is 15.6. The number of carboxylic acids is 1. The maximum Gasteiger partial charge on any atom is 0.329 e. The lowest BCUT2D eigenvalue weighted by atomic mass is 9.97. The van der Waals surface area contributed by atoms with Crippen molar-refractivity contribution in [2.75, 3.05) is 0 Å². The summed E-state index contributed by atoms with van der Waals surface area (Å²) in [5.74, 6) is -1.47. The Bertz CT molecular complexity index is 751. The maximum atomic E-state index is 12.3. The number of nitrogens with zero attached hydrogens (tertiary/aromatic N) is 2. The second kappa shape index (κ2) is 6.04. The van der Waals surface area contributed by atoms with E-state index in [1.54, 1.807) is 30.5 Å². The van der Waals surface area contributed by atoms with E-state index in [1.807, 2.05) is 6.07 Å². The molecular weight excluding hydrogens is 318 g/mol. The number of benzene rings is 1. The smallest absolute Gasteiger partial charge is 0.329 e. The van der Waals surface area contributed by atoms with Crippen molar-refractivity contribution < 1.29 is 14.7 Å². The summed E-state index contributed by atoms with van der Waals surface area (Å²) in [6, 6.07) is 8.64. The fourth-order valence-electron chi connectivity index (χ4n) is 2.86. The van der Waals surface area contributed by atoms with Gasteiger partial charge in [0.05, 0.1) is 5.69 Å². The third-order valence-electron chi connectivity index (χ3n) is 4.11. The van der Waals surface area contributed by atoms with Crippen molar-refractivity contribution in [1.82, 2.24) is 15.1 Å². The van der Waals surface area contributed by atoms with Gasteiger partial charge in [0.15, 0.2) is 5.69 Å². The van der Waals surface area contributed by atoms with E-state index in [1.165, 1.54) is 4.68 Å². The molecular formula is C16H16ClN3O3. The average molecular weight is 334 g/mol. The summed E-state index contributed by atoms with van der Waals surface area (Å²) < 4.78 is 1.53. The molecule has 2 N–H and O–H groups in total. The SMILES string of the molecule is O=C(NC1(C(=O)O)CCCC1)c1ccn(-c2cccc(Cl)c2)n1. The van der Waals surface area contributed by atoms with E-state index in [0.29, 0.717) is 17.9 Å². The number of carbonyl (C=O) groups excluding carboxylic acids is 1. The summed E-state index contributed by atoms with van der Waals surface area (Å²) in [6.45, 7) is 0. The normalized spacial score (nSPS) is 16.2. The predicted octanol–water partition coefficient (Wildman–Crippen LogP) is 2.65. The van der Waals surface area contributed by atoms with Gasteiger partial charge in [-0.3, -0.25) is 4.79 Å².